The standard InChI is InChI=1S/C24H45NO3/c26-23-25-22-20-18-16-14-12-10-8-6-4-2-1-3-5-7-9-11-13-15-17-19-21-24(27)28/h1-22H2,(H,27,28). The summed E-state index contributed by atoms with van der Waals surface area (Å²) in [6.07, 6.45) is 27.7. The number of carbonyl (C=O) groups excluding carboxylic acids is 1. The highest BCUT2D eigenvalue weighted by Gasteiger charge is 1.97. The fraction of sp³-hybridized carbons (Fsp3) is 0.917. The Balaban J connectivity index is 3.01. The van der Waals surface area contributed by atoms with E-state index >= 15 is 0 Å². The molecule has 4 nitrogen and oxygen atoms in total. The summed E-state index contributed by atoms with van der Waals surface area (Å²) in [5, 5.41) is 8.57. The van der Waals surface area contributed by atoms with Gasteiger partial charge in [0.1, 0.15) is 0 Å². The van der Waals surface area contributed by atoms with Crippen molar-refractivity contribution < 1.29 is 14.7 Å². The second-order valence-electron chi connectivity index (χ2n) is 8.19. The Morgan fingerprint density at radius 2 is 0.821 bits per heavy atom. The second-order valence-corrected chi connectivity index (χ2v) is 8.19. The van der Waals surface area contributed by atoms with Gasteiger partial charge in [0, 0.05) is 6.42 Å². The molecule has 0 atom stereocenters. The molecule has 0 spiro atoms. The van der Waals surface area contributed by atoms with Crippen LogP contribution in [0.15, 0.2) is 4.99 Å². The molecule has 0 aromatic rings. The Kier molecular flexibility index (Phi) is 22.9. The molecule has 0 aliphatic carbocycles. The summed E-state index contributed by atoms with van der Waals surface area (Å²) in [7, 11) is 0. The molecule has 0 saturated heterocycles. The zero-order chi connectivity index (χ0) is 20.5. The summed E-state index contributed by atoms with van der Waals surface area (Å²) in [4.78, 5) is 23.9. The molecule has 0 unspecified atom stereocenters. The molecule has 0 radical (unpaired) electrons. The summed E-state index contributed by atoms with van der Waals surface area (Å²) in [5.41, 5.74) is 0. The van der Waals surface area contributed by atoms with Crippen LogP contribution in [0.4, 0.5) is 0 Å². The number of carbonyl (C=O) groups is 1. The first-order valence-electron chi connectivity index (χ1n) is 12.0. The number of carboxylic acids is 1. The number of nitrogens with zero attached hydrogens (tertiary/aromatic N) is 1. The first-order chi connectivity index (χ1) is 13.8. The largest absolute Gasteiger partial charge is 0.481 e. The van der Waals surface area contributed by atoms with Gasteiger partial charge in [0.15, 0.2) is 0 Å². The molecule has 0 aliphatic heterocycles. The lowest BCUT2D eigenvalue weighted by Gasteiger charge is -2.04. The van der Waals surface area contributed by atoms with Crippen molar-refractivity contribution in [3.8, 4) is 0 Å². The summed E-state index contributed by atoms with van der Waals surface area (Å²) in [5.74, 6) is -0.661. The third-order valence-electron chi connectivity index (χ3n) is 5.48. The molecule has 4 heteroatoms. The third-order valence-corrected chi connectivity index (χ3v) is 5.48. The van der Waals surface area contributed by atoms with E-state index < -0.39 is 5.97 Å². The lowest BCUT2D eigenvalue weighted by Crippen LogP contribution is -1.93. The molecule has 1 N–H and O–H groups in total. The van der Waals surface area contributed by atoms with Crippen molar-refractivity contribution in [1.82, 2.24) is 0 Å². The third kappa shape index (κ3) is 24.8. The fourth-order valence-electron chi connectivity index (χ4n) is 3.69. The molecule has 0 aromatic heterocycles. The zero-order valence-corrected chi connectivity index (χ0v) is 18.3. The monoisotopic (exact) mass is 395 g/mol. The molecular weight excluding hydrogens is 350 g/mol. The van der Waals surface area contributed by atoms with Crippen molar-refractivity contribution in [3.05, 3.63) is 0 Å². The van der Waals surface area contributed by atoms with Crippen molar-refractivity contribution in [2.75, 3.05) is 6.54 Å². The van der Waals surface area contributed by atoms with E-state index in [1.807, 2.05) is 0 Å². The van der Waals surface area contributed by atoms with Crippen molar-refractivity contribution >= 4 is 12.0 Å². The number of carboxylic acid groups (broad SMARTS) is 1. The van der Waals surface area contributed by atoms with E-state index in [1.165, 1.54) is 109 Å². The van der Waals surface area contributed by atoms with Gasteiger partial charge in [-0.25, -0.2) is 9.79 Å². The Labute approximate surface area is 173 Å². The molecule has 0 fully saturated rings. The van der Waals surface area contributed by atoms with E-state index in [-0.39, 0.29) is 0 Å². The van der Waals surface area contributed by atoms with Crippen LogP contribution in [0.1, 0.15) is 135 Å². The lowest BCUT2D eigenvalue weighted by molar-refractivity contribution is -0.137. The first-order valence-corrected chi connectivity index (χ1v) is 12.0. The number of hydrogen-bond donors (Lipinski definition) is 1. The smallest absolute Gasteiger partial charge is 0.303 e. The van der Waals surface area contributed by atoms with Crippen molar-refractivity contribution in [2.24, 2.45) is 4.99 Å². The SMILES string of the molecule is O=C=NCCCCCCCCCCCCCCCCCCCCCCC(=O)O. The highest BCUT2D eigenvalue weighted by molar-refractivity contribution is 5.66. The zero-order valence-electron chi connectivity index (χ0n) is 18.3. The number of unbranched alkanes of at least 4 members (excludes halogenated alkanes) is 19. The maximum atomic E-state index is 10.4. The Hall–Kier alpha value is -1.15. The highest BCUT2D eigenvalue weighted by Crippen LogP contribution is 2.15. The van der Waals surface area contributed by atoms with Crippen LogP contribution >= 0.6 is 0 Å². The molecular formula is C24H45NO3. The number of rotatable bonds is 23. The Morgan fingerprint density at radius 1 is 0.536 bits per heavy atom. The minimum absolute atomic E-state index is 0.334. The first kappa shape index (κ1) is 26.9. The van der Waals surface area contributed by atoms with Crippen LogP contribution < -0.4 is 0 Å². The van der Waals surface area contributed by atoms with Crippen LogP contribution in [0.3, 0.4) is 0 Å². The number of aliphatic imine (C=N–C) groups is 1. The van der Waals surface area contributed by atoms with E-state index in [4.69, 9.17) is 5.11 Å². The molecule has 0 bridgehead atoms. The van der Waals surface area contributed by atoms with Gasteiger partial charge in [-0.05, 0) is 12.8 Å². The fourth-order valence-corrected chi connectivity index (χ4v) is 3.69. The van der Waals surface area contributed by atoms with Crippen LogP contribution in [0.2, 0.25) is 0 Å². The van der Waals surface area contributed by atoms with E-state index in [0.717, 1.165) is 19.3 Å². The summed E-state index contributed by atoms with van der Waals surface area (Å²) in [6.45, 7) is 0.652. The molecule has 28 heavy (non-hydrogen) atoms. The summed E-state index contributed by atoms with van der Waals surface area (Å²) in [6, 6.07) is 0. The van der Waals surface area contributed by atoms with Gasteiger partial charge in [0.05, 0.1) is 6.54 Å². The predicted molar refractivity (Wildman–Crippen MR) is 118 cm³/mol. The van der Waals surface area contributed by atoms with E-state index in [0.29, 0.717) is 13.0 Å². The van der Waals surface area contributed by atoms with Gasteiger partial charge in [0.2, 0.25) is 6.08 Å². The maximum Gasteiger partial charge on any atom is 0.303 e. The maximum absolute atomic E-state index is 10.4. The van der Waals surface area contributed by atoms with Crippen LogP contribution in [0.5, 0.6) is 0 Å². The van der Waals surface area contributed by atoms with E-state index in [2.05, 4.69) is 4.99 Å². The van der Waals surface area contributed by atoms with Gasteiger partial charge >= 0.3 is 5.97 Å². The van der Waals surface area contributed by atoms with Gasteiger partial charge < -0.3 is 5.11 Å². The molecule has 0 amide bonds. The molecule has 0 aliphatic rings. The second kappa shape index (κ2) is 23.9. The van der Waals surface area contributed by atoms with Crippen LogP contribution in [-0.2, 0) is 9.59 Å². The average Bonchev–Trinajstić information content (AvgIpc) is 2.68. The molecule has 164 valence electrons. The molecule has 0 saturated carbocycles. The minimum Gasteiger partial charge on any atom is -0.481 e. The minimum atomic E-state index is -0.661. The van der Waals surface area contributed by atoms with Crippen molar-refractivity contribution in [3.63, 3.8) is 0 Å². The normalized spacial score (nSPS) is 10.7. The van der Waals surface area contributed by atoms with Crippen LogP contribution in [-0.4, -0.2) is 23.7 Å². The Bertz CT molecular complexity index is 356. The number of aliphatic carboxylic acids is 1. The van der Waals surface area contributed by atoms with Gasteiger partial charge in [0.25, 0.3) is 0 Å². The molecule has 0 rings (SSSR count). The van der Waals surface area contributed by atoms with Gasteiger partial charge in [-0.3, -0.25) is 4.79 Å². The number of isocyanates is 1. The quantitative estimate of drug-likeness (QED) is 0.110. The predicted octanol–water partition coefficient (Wildman–Crippen LogP) is 7.60. The van der Waals surface area contributed by atoms with Gasteiger partial charge in [-0.15, -0.1) is 0 Å². The van der Waals surface area contributed by atoms with Crippen LogP contribution in [0, 0.1) is 0 Å². The summed E-state index contributed by atoms with van der Waals surface area (Å²) >= 11 is 0. The van der Waals surface area contributed by atoms with Crippen LogP contribution in [0.25, 0.3) is 0 Å². The Morgan fingerprint density at radius 3 is 1.11 bits per heavy atom. The number of hydrogen-bond acceptors (Lipinski definition) is 3. The van der Waals surface area contributed by atoms with Gasteiger partial charge in [-0.1, -0.05) is 116 Å². The van der Waals surface area contributed by atoms with Gasteiger partial charge in [-0.2, -0.15) is 0 Å². The van der Waals surface area contributed by atoms with E-state index in [1.54, 1.807) is 6.08 Å². The topological polar surface area (TPSA) is 66.7 Å². The average molecular weight is 396 g/mol. The molecule has 0 aromatic carbocycles. The summed E-state index contributed by atoms with van der Waals surface area (Å²) < 4.78 is 0. The lowest BCUT2D eigenvalue weighted by atomic mass is 10.0. The van der Waals surface area contributed by atoms with Crippen molar-refractivity contribution in [2.45, 2.75) is 135 Å². The highest BCUT2D eigenvalue weighted by atomic mass is 16.4. The van der Waals surface area contributed by atoms with Crippen molar-refractivity contribution in [1.29, 1.82) is 0 Å². The van der Waals surface area contributed by atoms with E-state index in [9.17, 15) is 9.59 Å². The molecule has 0 heterocycles.